The molecule has 1 aromatic rings. The summed E-state index contributed by atoms with van der Waals surface area (Å²) in [5.41, 5.74) is 0. The van der Waals surface area contributed by atoms with E-state index in [2.05, 4.69) is 30.6 Å². The zero-order valence-corrected chi connectivity index (χ0v) is 13.3. The SMILES string of the molecule is CCCNC(c1sccc1OC)C1CCC(C)CC1. The van der Waals surface area contributed by atoms with Crippen molar-refractivity contribution in [2.45, 2.75) is 52.0 Å². The van der Waals surface area contributed by atoms with Gasteiger partial charge in [0.1, 0.15) is 5.75 Å². The predicted molar refractivity (Wildman–Crippen MR) is 83.0 cm³/mol. The number of hydrogen-bond acceptors (Lipinski definition) is 3. The van der Waals surface area contributed by atoms with Gasteiger partial charge in [-0.1, -0.05) is 26.7 Å². The molecule has 1 aliphatic rings. The van der Waals surface area contributed by atoms with Gasteiger partial charge in [0.2, 0.25) is 0 Å². The van der Waals surface area contributed by atoms with Gasteiger partial charge >= 0.3 is 0 Å². The summed E-state index contributed by atoms with van der Waals surface area (Å²) in [6, 6.07) is 2.59. The topological polar surface area (TPSA) is 21.3 Å². The van der Waals surface area contributed by atoms with Crippen LogP contribution in [0, 0.1) is 11.8 Å². The summed E-state index contributed by atoms with van der Waals surface area (Å²) in [5, 5.41) is 5.91. The maximum absolute atomic E-state index is 5.53. The Kier molecular flexibility index (Phi) is 5.71. The summed E-state index contributed by atoms with van der Waals surface area (Å²) >= 11 is 1.84. The molecule has 0 radical (unpaired) electrons. The first-order valence-electron chi connectivity index (χ1n) is 7.61. The van der Waals surface area contributed by atoms with E-state index in [0.29, 0.717) is 6.04 Å². The molecule has 2 rings (SSSR count). The molecule has 0 amide bonds. The van der Waals surface area contributed by atoms with E-state index < -0.39 is 0 Å². The van der Waals surface area contributed by atoms with Crippen molar-refractivity contribution >= 4 is 11.3 Å². The highest BCUT2D eigenvalue weighted by Gasteiger charge is 2.29. The minimum Gasteiger partial charge on any atom is -0.496 e. The lowest BCUT2D eigenvalue weighted by atomic mass is 9.78. The molecule has 0 aliphatic heterocycles. The van der Waals surface area contributed by atoms with Crippen LogP contribution in [0.3, 0.4) is 0 Å². The first kappa shape index (κ1) is 14.9. The Morgan fingerprint density at radius 3 is 2.74 bits per heavy atom. The standard InChI is InChI=1S/C16H27NOS/c1-4-10-17-15(13-7-5-12(2)6-8-13)16-14(18-3)9-11-19-16/h9,11-13,15,17H,4-8,10H2,1-3H3. The zero-order chi connectivity index (χ0) is 13.7. The van der Waals surface area contributed by atoms with Gasteiger partial charge < -0.3 is 10.1 Å². The summed E-state index contributed by atoms with van der Waals surface area (Å²) in [4.78, 5) is 1.40. The molecule has 0 saturated heterocycles. The molecular formula is C16H27NOS. The number of thiophene rings is 1. The molecule has 1 fully saturated rings. The normalized spacial score (nSPS) is 25.2. The molecule has 1 aliphatic carbocycles. The third-order valence-corrected chi connectivity index (χ3v) is 5.29. The molecule has 108 valence electrons. The first-order valence-corrected chi connectivity index (χ1v) is 8.49. The van der Waals surface area contributed by atoms with Gasteiger partial charge in [-0.25, -0.2) is 0 Å². The van der Waals surface area contributed by atoms with Gasteiger partial charge in [-0.15, -0.1) is 11.3 Å². The first-order chi connectivity index (χ1) is 9.26. The van der Waals surface area contributed by atoms with Crippen LogP contribution >= 0.6 is 11.3 Å². The third-order valence-electron chi connectivity index (χ3n) is 4.31. The van der Waals surface area contributed by atoms with E-state index >= 15 is 0 Å². The van der Waals surface area contributed by atoms with Crippen LogP contribution in [-0.4, -0.2) is 13.7 Å². The Hall–Kier alpha value is -0.540. The number of hydrogen-bond donors (Lipinski definition) is 1. The van der Waals surface area contributed by atoms with Crippen LogP contribution < -0.4 is 10.1 Å². The minimum absolute atomic E-state index is 0.488. The number of rotatable bonds is 6. The van der Waals surface area contributed by atoms with Crippen LogP contribution in [0.5, 0.6) is 5.75 Å². The quantitative estimate of drug-likeness (QED) is 0.821. The average Bonchev–Trinajstić information content (AvgIpc) is 2.89. The van der Waals surface area contributed by atoms with E-state index in [4.69, 9.17) is 4.74 Å². The molecule has 19 heavy (non-hydrogen) atoms. The molecular weight excluding hydrogens is 254 g/mol. The van der Waals surface area contributed by atoms with Gasteiger partial charge in [0, 0.05) is 6.04 Å². The maximum Gasteiger partial charge on any atom is 0.134 e. The van der Waals surface area contributed by atoms with Crippen molar-refractivity contribution in [1.29, 1.82) is 0 Å². The van der Waals surface area contributed by atoms with Gasteiger partial charge in [0.05, 0.1) is 12.0 Å². The fourth-order valence-electron chi connectivity index (χ4n) is 3.10. The molecule has 1 heterocycles. The Bertz CT molecular complexity index is 369. The Morgan fingerprint density at radius 1 is 1.37 bits per heavy atom. The lowest BCUT2D eigenvalue weighted by Gasteiger charge is -2.33. The van der Waals surface area contributed by atoms with Crippen LogP contribution in [-0.2, 0) is 0 Å². The van der Waals surface area contributed by atoms with Gasteiger partial charge in [-0.05, 0) is 49.1 Å². The van der Waals surface area contributed by atoms with Crippen molar-refractivity contribution in [1.82, 2.24) is 5.32 Å². The fourth-order valence-corrected chi connectivity index (χ4v) is 4.13. The highest BCUT2D eigenvalue weighted by Crippen LogP contribution is 2.41. The van der Waals surface area contributed by atoms with Crippen LogP contribution in [0.25, 0.3) is 0 Å². The Balaban J connectivity index is 2.11. The van der Waals surface area contributed by atoms with E-state index in [9.17, 15) is 0 Å². The third kappa shape index (κ3) is 3.73. The van der Waals surface area contributed by atoms with Gasteiger partial charge in [0.25, 0.3) is 0 Å². The van der Waals surface area contributed by atoms with Crippen molar-refractivity contribution in [3.8, 4) is 5.75 Å². The van der Waals surface area contributed by atoms with E-state index in [-0.39, 0.29) is 0 Å². The minimum atomic E-state index is 0.488. The highest BCUT2D eigenvalue weighted by molar-refractivity contribution is 7.10. The van der Waals surface area contributed by atoms with Crippen molar-refractivity contribution in [3.05, 3.63) is 16.3 Å². The second kappa shape index (κ2) is 7.30. The zero-order valence-electron chi connectivity index (χ0n) is 12.4. The maximum atomic E-state index is 5.53. The highest BCUT2D eigenvalue weighted by atomic mass is 32.1. The number of ether oxygens (including phenoxy) is 1. The molecule has 3 heteroatoms. The summed E-state index contributed by atoms with van der Waals surface area (Å²) in [7, 11) is 1.78. The molecule has 0 spiro atoms. The number of methoxy groups -OCH3 is 1. The second-order valence-electron chi connectivity index (χ2n) is 5.80. The van der Waals surface area contributed by atoms with Crippen LogP contribution in [0.4, 0.5) is 0 Å². The summed E-state index contributed by atoms with van der Waals surface area (Å²) in [5.74, 6) is 2.75. The van der Waals surface area contributed by atoms with Crippen molar-refractivity contribution in [3.63, 3.8) is 0 Å². The predicted octanol–water partition coefficient (Wildman–Crippen LogP) is 4.62. The van der Waals surface area contributed by atoms with Crippen molar-refractivity contribution in [2.75, 3.05) is 13.7 Å². The van der Waals surface area contributed by atoms with Gasteiger partial charge in [-0.2, -0.15) is 0 Å². The van der Waals surface area contributed by atoms with Gasteiger partial charge in [-0.3, -0.25) is 0 Å². The monoisotopic (exact) mass is 281 g/mol. The van der Waals surface area contributed by atoms with E-state index in [1.165, 1.54) is 37.0 Å². The van der Waals surface area contributed by atoms with Crippen molar-refractivity contribution < 1.29 is 4.74 Å². The molecule has 1 unspecified atom stereocenters. The second-order valence-corrected chi connectivity index (χ2v) is 6.75. The van der Waals surface area contributed by atoms with E-state index in [1.54, 1.807) is 7.11 Å². The van der Waals surface area contributed by atoms with Crippen LogP contribution in [0.1, 0.15) is 56.9 Å². The Labute approximate surface area is 121 Å². The average molecular weight is 281 g/mol. The molecule has 1 aromatic heterocycles. The van der Waals surface area contributed by atoms with Crippen LogP contribution in [0.2, 0.25) is 0 Å². The molecule has 2 nitrogen and oxygen atoms in total. The molecule has 0 aromatic carbocycles. The molecule has 1 saturated carbocycles. The fraction of sp³-hybridized carbons (Fsp3) is 0.750. The van der Waals surface area contributed by atoms with Gasteiger partial charge in [0.15, 0.2) is 0 Å². The summed E-state index contributed by atoms with van der Waals surface area (Å²) in [6.07, 6.45) is 6.64. The lowest BCUT2D eigenvalue weighted by Crippen LogP contribution is -2.31. The molecule has 0 bridgehead atoms. The lowest BCUT2D eigenvalue weighted by molar-refractivity contribution is 0.230. The van der Waals surface area contributed by atoms with Crippen LogP contribution in [0.15, 0.2) is 11.4 Å². The van der Waals surface area contributed by atoms with E-state index in [0.717, 1.165) is 24.1 Å². The summed E-state index contributed by atoms with van der Waals surface area (Å²) < 4.78 is 5.53. The number of nitrogens with one attached hydrogen (secondary N) is 1. The Morgan fingerprint density at radius 2 is 2.11 bits per heavy atom. The molecule has 1 N–H and O–H groups in total. The van der Waals surface area contributed by atoms with E-state index in [1.807, 2.05) is 11.3 Å². The smallest absolute Gasteiger partial charge is 0.134 e. The summed E-state index contributed by atoms with van der Waals surface area (Å²) in [6.45, 7) is 5.72. The molecule has 1 atom stereocenters. The largest absolute Gasteiger partial charge is 0.496 e. The van der Waals surface area contributed by atoms with Crippen molar-refractivity contribution in [2.24, 2.45) is 11.8 Å².